The molecule has 0 saturated heterocycles. The van der Waals surface area contributed by atoms with E-state index in [0.29, 0.717) is 0 Å². The van der Waals surface area contributed by atoms with Crippen molar-refractivity contribution >= 4 is 15.8 Å². The first kappa shape index (κ1) is 24.8. The van der Waals surface area contributed by atoms with E-state index >= 15 is 0 Å². The predicted octanol–water partition coefficient (Wildman–Crippen LogP) is 4.72. The van der Waals surface area contributed by atoms with Crippen LogP contribution in [0.1, 0.15) is 51.5 Å². The molecule has 0 aliphatic heterocycles. The van der Waals surface area contributed by atoms with E-state index < -0.39 is 32.5 Å². The normalized spacial score (nSPS) is 12.4. The van der Waals surface area contributed by atoms with Crippen LogP contribution in [-0.4, -0.2) is 31.7 Å². The zero-order valence-electron chi connectivity index (χ0n) is 18.1. The quantitative estimate of drug-likeness (QED) is 0.324. The first-order chi connectivity index (χ1) is 14.8. The third-order valence-electron chi connectivity index (χ3n) is 4.91. The van der Waals surface area contributed by atoms with E-state index in [2.05, 4.69) is 11.9 Å². The van der Waals surface area contributed by atoms with Gasteiger partial charge in [-0.15, -0.1) is 0 Å². The predicted molar refractivity (Wildman–Crippen MR) is 116 cm³/mol. The molecule has 1 aromatic carbocycles. The molecule has 0 spiro atoms. The third kappa shape index (κ3) is 8.65. The molecule has 2 rings (SSSR count). The van der Waals surface area contributed by atoms with E-state index in [1.165, 1.54) is 6.07 Å². The van der Waals surface area contributed by atoms with E-state index in [9.17, 15) is 17.6 Å². The van der Waals surface area contributed by atoms with Crippen molar-refractivity contribution in [3.8, 4) is 5.75 Å². The average Bonchev–Trinajstić information content (AvgIpc) is 2.77. The van der Waals surface area contributed by atoms with Crippen molar-refractivity contribution in [2.45, 2.75) is 57.6 Å². The Hall–Kier alpha value is -2.48. The molecule has 1 aromatic heterocycles. The second-order valence-electron chi connectivity index (χ2n) is 7.41. The minimum Gasteiger partial charge on any atom is -0.489 e. The maximum absolute atomic E-state index is 13.9. The van der Waals surface area contributed by atoms with Crippen molar-refractivity contribution in [3.63, 3.8) is 0 Å². The Balaban J connectivity index is 1.93. The fourth-order valence-corrected chi connectivity index (χ4v) is 4.10. The molecule has 0 aliphatic carbocycles. The van der Waals surface area contributed by atoms with Crippen LogP contribution in [0.3, 0.4) is 0 Å². The van der Waals surface area contributed by atoms with Gasteiger partial charge in [0, 0.05) is 12.1 Å². The van der Waals surface area contributed by atoms with Crippen LogP contribution >= 0.6 is 0 Å². The van der Waals surface area contributed by atoms with Crippen LogP contribution in [0.25, 0.3) is 0 Å². The molecule has 1 atom stereocenters. The average molecular weight is 452 g/mol. The number of unbranched alkanes of at least 4 members (excludes halogenated alkanes) is 1. The van der Waals surface area contributed by atoms with Gasteiger partial charge in [-0.1, -0.05) is 63.4 Å². The zero-order chi connectivity index (χ0) is 22.7. The number of nitrogens with zero attached hydrogens (tertiary/aromatic N) is 1. The monoisotopic (exact) mass is 451 g/mol. The summed E-state index contributed by atoms with van der Waals surface area (Å²) in [6, 6.07) is 11.4. The number of esters is 1. The molecule has 1 unspecified atom stereocenters. The number of rotatable bonds is 13. The highest BCUT2D eigenvalue weighted by Gasteiger charge is 2.21. The number of pyridine rings is 1. The second kappa shape index (κ2) is 12.4. The number of benzene rings is 1. The lowest BCUT2D eigenvalue weighted by Crippen LogP contribution is -2.18. The molecule has 0 aliphatic rings. The van der Waals surface area contributed by atoms with Crippen LogP contribution < -0.4 is 4.74 Å². The molecule has 6 nitrogen and oxygen atoms in total. The van der Waals surface area contributed by atoms with Gasteiger partial charge in [-0.25, -0.2) is 13.4 Å². The molecule has 8 heteroatoms. The van der Waals surface area contributed by atoms with Crippen molar-refractivity contribution in [2.75, 3.05) is 12.4 Å². The van der Waals surface area contributed by atoms with Crippen LogP contribution in [0, 0.1) is 11.9 Å². The summed E-state index contributed by atoms with van der Waals surface area (Å²) in [5, 5.41) is -0.460. The van der Waals surface area contributed by atoms with Gasteiger partial charge in [-0.2, -0.15) is 4.39 Å². The lowest BCUT2D eigenvalue weighted by atomic mass is 10.0. The topological polar surface area (TPSA) is 82.6 Å². The minimum atomic E-state index is -3.97. The summed E-state index contributed by atoms with van der Waals surface area (Å²) >= 11 is 0. The van der Waals surface area contributed by atoms with Gasteiger partial charge in [0.25, 0.3) is 0 Å². The van der Waals surface area contributed by atoms with Crippen molar-refractivity contribution in [2.24, 2.45) is 5.92 Å². The molecule has 0 radical (unpaired) electrons. The van der Waals surface area contributed by atoms with Crippen LogP contribution in [0.2, 0.25) is 0 Å². The summed E-state index contributed by atoms with van der Waals surface area (Å²) in [7, 11) is -3.97. The Morgan fingerprint density at radius 1 is 1.16 bits per heavy atom. The van der Waals surface area contributed by atoms with E-state index in [1.54, 1.807) is 0 Å². The van der Waals surface area contributed by atoms with Crippen LogP contribution in [0.5, 0.6) is 5.75 Å². The minimum absolute atomic E-state index is 0.0548. The molecule has 2 aromatic rings. The van der Waals surface area contributed by atoms with Crippen molar-refractivity contribution in [1.82, 2.24) is 4.98 Å². The van der Waals surface area contributed by atoms with Gasteiger partial charge in [0.05, 0.1) is 18.8 Å². The van der Waals surface area contributed by atoms with Crippen molar-refractivity contribution < 1.29 is 27.1 Å². The maximum Gasteiger partial charge on any atom is 0.306 e. The molecule has 0 amide bonds. The molecular formula is C23H30FNO5S. The number of carbonyl (C=O) groups is 1. The third-order valence-corrected chi connectivity index (χ3v) is 6.50. The van der Waals surface area contributed by atoms with Crippen molar-refractivity contribution in [1.29, 1.82) is 0 Å². The van der Waals surface area contributed by atoms with Gasteiger partial charge in [-0.3, -0.25) is 4.79 Å². The fraction of sp³-hybridized carbons (Fsp3) is 0.478. The largest absolute Gasteiger partial charge is 0.489 e. The highest BCUT2D eigenvalue weighted by molar-refractivity contribution is 7.91. The summed E-state index contributed by atoms with van der Waals surface area (Å²) in [6.07, 6.45) is 3.68. The Morgan fingerprint density at radius 2 is 1.90 bits per heavy atom. The standard InChI is InChI=1S/C23H30FNO5S/c1-3-5-9-18(4-2)16-30-23(26)12-13-31(27,28)22-15-20(14-21(24)25-22)29-17-19-10-7-6-8-11-19/h6-8,10-11,14-15,18H,3-5,9,12-13,16-17H2,1-2H3. The smallest absolute Gasteiger partial charge is 0.306 e. The lowest BCUT2D eigenvalue weighted by molar-refractivity contribution is -0.144. The highest BCUT2D eigenvalue weighted by Crippen LogP contribution is 2.20. The Labute approximate surface area is 183 Å². The first-order valence-electron chi connectivity index (χ1n) is 10.6. The number of halogens is 1. The molecule has 31 heavy (non-hydrogen) atoms. The number of sulfone groups is 1. The molecule has 0 fully saturated rings. The molecule has 0 saturated carbocycles. The number of carbonyl (C=O) groups excluding carboxylic acids is 1. The van der Waals surface area contributed by atoms with Gasteiger partial charge in [0.1, 0.15) is 12.4 Å². The Bertz CT molecular complexity index is 934. The molecule has 0 bridgehead atoms. The van der Waals surface area contributed by atoms with Crippen LogP contribution in [0.15, 0.2) is 47.5 Å². The van der Waals surface area contributed by atoms with Gasteiger partial charge in [-0.05, 0) is 17.9 Å². The summed E-state index contributed by atoms with van der Waals surface area (Å²) in [5.74, 6) is -1.73. The van der Waals surface area contributed by atoms with Crippen molar-refractivity contribution in [3.05, 3.63) is 54.0 Å². The molecule has 0 N–H and O–H groups in total. The molecule has 170 valence electrons. The van der Waals surface area contributed by atoms with E-state index in [0.717, 1.165) is 37.3 Å². The summed E-state index contributed by atoms with van der Waals surface area (Å²) in [5.41, 5.74) is 0.858. The van der Waals surface area contributed by atoms with E-state index in [1.807, 2.05) is 37.3 Å². The van der Waals surface area contributed by atoms with Crippen LogP contribution in [0.4, 0.5) is 4.39 Å². The molecular weight excluding hydrogens is 421 g/mol. The number of hydrogen-bond donors (Lipinski definition) is 0. The zero-order valence-corrected chi connectivity index (χ0v) is 18.9. The summed E-state index contributed by atoms with van der Waals surface area (Å²) < 4.78 is 49.7. The number of hydrogen-bond acceptors (Lipinski definition) is 6. The van der Waals surface area contributed by atoms with Gasteiger partial charge >= 0.3 is 5.97 Å². The lowest BCUT2D eigenvalue weighted by Gasteiger charge is -2.14. The van der Waals surface area contributed by atoms with Gasteiger partial charge in [0.15, 0.2) is 14.9 Å². The molecule has 1 heterocycles. The Morgan fingerprint density at radius 3 is 2.58 bits per heavy atom. The fourth-order valence-electron chi connectivity index (χ4n) is 2.94. The van der Waals surface area contributed by atoms with Gasteiger partial charge < -0.3 is 9.47 Å². The summed E-state index contributed by atoms with van der Waals surface area (Å²) in [4.78, 5) is 15.5. The summed E-state index contributed by atoms with van der Waals surface area (Å²) in [6.45, 7) is 4.58. The number of aromatic nitrogens is 1. The van der Waals surface area contributed by atoms with Crippen LogP contribution in [-0.2, 0) is 26.0 Å². The van der Waals surface area contributed by atoms with E-state index in [-0.39, 0.29) is 31.3 Å². The maximum atomic E-state index is 13.9. The number of ether oxygens (including phenoxy) is 2. The SMILES string of the molecule is CCCCC(CC)COC(=O)CCS(=O)(=O)c1cc(OCc2ccccc2)cc(F)n1. The van der Waals surface area contributed by atoms with Gasteiger partial charge in [0.2, 0.25) is 5.95 Å². The Kier molecular flexibility index (Phi) is 9.91. The first-order valence-corrected chi connectivity index (χ1v) is 12.2. The highest BCUT2D eigenvalue weighted by atomic mass is 32.2. The second-order valence-corrected chi connectivity index (χ2v) is 9.46. The van der Waals surface area contributed by atoms with E-state index in [4.69, 9.17) is 9.47 Å².